The highest BCUT2D eigenvalue weighted by Crippen LogP contribution is 2.21. The molecular formula is C13H16N2O4. The number of nitrogens with zero attached hydrogens (tertiary/aromatic N) is 1. The molecule has 0 aliphatic heterocycles. The number of carboxylic acids is 1. The van der Waals surface area contributed by atoms with Crippen LogP contribution in [0.25, 0.3) is 11.1 Å². The molecule has 1 unspecified atom stereocenters. The SMILES string of the molecule is CC(C)C(CO)Nc1nc2ccc(C(=O)O)cc2o1. The summed E-state index contributed by atoms with van der Waals surface area (Å²) in [7, 11) is 0. The molecule has 1 aromatic carbocycles. The second kappa shape index (κ2) is 5.27. The first-order valence-corrected chi connectivity index (χ1v) is 6.02. The zero-order chi connectivity index (χ0) is 14.0. The van der Waals surface area contributed by atoms with Crippen molar-refractivity contribution in [3.63, 3.8) is 0 Å². The van der Waals surface area contributed by atoms with E-state index in [2.05, 4.69) is 10.3 Å². The third kappa shape index (κ3) is 2.85. The highest BCUT2D eigenvalue weighted by molar-refractivity contribution is 5.92. The molecule has 0 fully saturated rings. The Bertz CT molecular complexity index is 591. The van der Waals surface area contributed by atoms with Crippen LogP contribution in [0.4, 0.5) is 6.01 Å². The lowest BCUT2D eigenvalue weighted by Crippen LogP contribution is -2.29. The fourth-order valence-corrected chi connectivity index (χ4v) is 1.70. The minimum atomic E-state index is -1.01. The summed E-state index contributed by atoms with van der Waals surface area (Å²) >= 11 is 0. The number of hydrogen-bond acceptors (Lipinski definition) is 5. The van der Waals surface area contributed by atoms with Gasteiger partial charge in [-0.15, -0.1) is 0 Å². The van der Waals surface area contributed by atoms with Crippen molar-refractivity contribution in [2.75, 3.05) is 11.9 Å². The summed E-state index contributed by atoms with van der Waals surface area (Å²) in [6.45, 7) is 3.91. The van der Waals surface area contributed by atoms with Crippen LogP contribution in [0.15, 0.2) is 22.6 Å². The summed E-state index contributed by atoms with van der Waals surface area (Å²) < 4.78 is 5.44. The Morgan fingerprint density at radius 1 is 1.47 bits per heavy atom. The van der Waals surface area contributed by atoms with Gasteiger partial charge in [-0.25, -0.2) is 4.79 Å². The van der Waals surface area contributed by atoms with Gasteiger partial charge in [0.1, 0.15) is 5.52 Å². The van der Waals surface area contributed by atoms with E-state index in [1.165, 1.54) is 12.1 Å². The van der Waals surface area contributed by atoms with Crippen molar-refractivity contribution in [1.29, 1.82) is 0 Å². The molecule has 6 nitrogen and oxygen atoms in total. The van der Waals surface area contributed by atoms with E-state index < -0.39 is 5.97 Å². The second-order valence-electron chi connectivity index (χ2n) is 4.68. The first-order chi connectivity index (χ1) is 9.01. The average Bonchev–Trinajstić information content (AvgIpc) is 2.76. The number of fused-ring (bicyclic) bond motifs is 1. The van der Waals surface area contributed by atoms with Crippen LogP contribution >= 0.6 is 0 Å². The van der Waals surface area contributed by atoms with Crippen LogP contribution in [-0.2, 0) is 0 Å². The topological polar surface area (TPSA) is 95.6 Å². The van der Waals surface area contributed by atoms with Crippen LogP contribution in [0.2, 0.25) is 0 Å². The first-order valence-electron chi connectivity index (χ1n) is 6.02. The van der Waals surface area contributed by atoms with E-state index >= 15 is 0 Å². The van der Waals surface area contributed by atoms with Crippen LogP contribution < -0.4 is 5.32 Å². The normalized spacial score (nSPS) is 12.8. The third-order valence-corrected chi connectivity index (χ3v) is 2.95. The molecule has 0 spiro atoms. The van der Waals surface area contributed by atoms with Crippen LogP contribution in [0.1, 0.15) is 24.2 Å². The number of nitrogens with one attached hydrogen (secondary N) is 1. The number of oxazole rings is 1. The summed E-state index contributed by atoms with van der Waals surface area (Å²) in [6.07, 6.45) is 0. The molecule has 2 rings (SSSR count). The number of anilines is 1. The summed E-state index contributed by atoms with van der Waals surface area (Å²) in [6, 6.07) is 4.62. The van der Waals surface area contributed by atoms with Gasteiger partial charge >= 0.3 is 5.97 Å². The lowest BCUT2D eigenvalue weighted by Gasteiger charge is -2.18. The molecule has 0 aliphatic rings. The maximum atomic E-state index is 10.9. The Hall–Kier alpha value is -2.08. The van der Waals surface area contributed by atoms with Gasteiger partial charge in [0.15, 0.2) is 5.58 Å². The number of aliphatic hydroxyl groups is 1. The van der Waals surface area contributed by atoms with Crippen molar-refractivity contribution in [2.24, 2.45) is 5.92 Å². The maximum Gasteiger partial charge on any atom is 0.335 e. The molecule has 0 bridgehead atoms. The summed E-state index contributed by atoms with van der Waals surface area (Å²) in [5.74, 6) is -0.794. The molecular weight excluding hydrogens is 248 g/mol. The highest BCUT2D eigenvalue weighted by atomic mass is 16.4. The smallest absolute Gasteiger partial charge is 0.335 e. The molecule has 0 aliphatic carbocycles. The summed E-state index contributed by atoms with van der Waals surface area (Å²) in [4.78, 5) is 15.1. The van der Waals surface area contributed by atoms with Gasteiger partial charge in [-0.1, -0.05) is 13.8 Å². The van der Waals surface area contributed by atoms with Gasteiger partial charge in [0.2, 0.25) is 0 Å². The Labute approximate surface area is 110 Å². The predicted octanol–water partition coefficient (Wildman–Crippen LogP) is 1.95. The Kier molecular flexibility index (Phi) is 3.71. The van der Waals surface area contributed by atoms with Crippen LogP contribution in [-0.4, -0.2) is 33.8 Å². The van der Waals surface area contributed by atoms with Gasteiger partial charge in [0.05, 0.1) is 18.2 Å². The third-order valence-electron chi connectivity index (χ3n) is 2.95. The lowest BCUT2D eigenvalue weighted by atomic mass is 10.1. The van der Waals surface area contributed by atoms with Crippen LogP contribution in [0, 0.1) is 5.92 Å². The second-order valence-corrected chi connectivity index (χ2v) is 4.68. The summed E-state index contributed by atoms with van der Waals surface area (Å²) in [5.41, 5.74) is 1.13. The molecule has 6 heteroatoms. The fourth-order valence-electron chi connectivity index (χ4n) is 1.70. The number of benzene rings is 1. The van der Waals surface area contributed by atoms with E-state index in [0.29, 0.717) is 11.1 Å². The lowest BCUT2D eigenvalue weighted by molar-refractivity contribution is 0.0697. The predicted molar refractivity (Wildman–Crippen MR) is 70.3 cm³/mol. The van der Waals surface area contributed by atoms with E-state index in [4.69, 9.17) is 9.52 Å². The molecule has 102 valence electrons. The fraction of sp³-hybridized carbons (Fsp3) is 0.385. The Morgan fingerprint density at radius 3 is 2.79 bits per heavy atom. The first kappa shape index (κ1) is 13.4. The van der Waals surface area contributed by atoms with Crippen molar-refractivity contribution in [1.82, 2.24) is 4.98 Å². The molecule has 19 heavy (non-hydrogen) atoms. The number of carbonyl (C=O) groups is 1. The van der Waals surface area contributed by atoms with E-state index in [1.54, 1.807) is 6.07 Å². The monoisotopic (exact) mass is 264 g/mol. The van der Waals surface area contributed by atoms with E-state index in [0.717, 1.165) is 0 Å². The van der Waals surface area contributed by atoms with Crippen molar-refractivity contribution in [2.45, 2.75) is 19.9 Å². The van der Waals surface area contributed by atoms with Gasteiger partial charge in [-0.2, -0.15) is 4.98 Å². The molecule has 1 aromatic heterocycles. The molecule has 3 N–H and O–H groups in total. The number of rotatable bonds is 5. The van der Waals surface area contributed by atoms with Crippen LogP contribution in [0.5, 0.6) is 0 Å². The summed E-state index contributed by atoms with van der Waals surface area (Å²) in [5, 5.41) is 21.1. The van der Waals surface area contributed by atoms with Crippen LogP contribution in [0.3, 0.4) is 0 Å². The standard InChI is InChI=1S/C13H16N2O4/c1-7(2)10(6-16)15-13-14-9-4-3-8(12(17)18)5-11(9)19-13/h3-5,7,10,16H,6H2,1-2H3,(H,14,15)(H,17,18). The van der Waals surface area contributed by atoms with Gasteiger partial charge in [0.25, 0.3) is 6.01 Å². The molecule has 0 radical (unpaired) electrons. The minimum Gasteiger partial charge on any atom is -0.478 e. The zero-order valence-corrected chi connectivity index (χ0v) is 10.8. The van der Waals surface area contributed by atoms with Crippen molar-refractivity contribution < 1.29 is 19.4 Å². The molecule has 1 atom stereocenters. The van der Waals surface area contributed by atoms with E-state index in [1.807, 2.05) is 13.8 Å². The number of hydrogen-bond donors (Lipinski definition) is 3. The number of aliphatic hydroxyl groups excluding tert-OH is 1. The average molecular weight is 264 g/mol. The molecule has 0 saturated carbocycles. The molecule has 1 heterocycles. The van der Waals surface area contributed by atoms with Gasteiger partial charge < -0.3 is 19.9 Å². The van der Waals surface area contributed by atoms with Gasteiger partial charge in [-0.05, 0) is 24.1 Å². The quantitative estimate of drug-likeness (QED) is 0.764. The van der Waals surface area contributed by atoms with Crippen molar-refractivity contribution in [3.05, 3.63) is 23.8 Å². The number of carboxylic acid groups (broad SMARTS) is 1. The van der Waals surface area contributed by atoms with Crippen molar-refractivity contribution >= 4 is 23.1 Å². The minimum absolute atomic E-state index is 0.0310. The largest absolute Gasteiger partial charge is 0.478 e. The zero-order valence-electron chi connectivity index (χ0n) is 10.8. The highest BCUT2D eigenvalue weighted by Gasteiger charge is 2.16. The molecule has 0 amide bonds. The number of aromatic carboxylic acids is 1. The maximum absolute atomic E-state index is 10.9. The Morgan fingerprint density at radius 2 is 2.21 bits per heavy atom. The Balaban J connectivity index is 2.28. The molecule has 2 aromatic rings. The number of aromatic nitrogens is 1. The van der Waals surface area contributed by atoms with E-state index in [-0.39, 0.29) is 30.1 Å². The van der Waals surface area contributed by atoms with Crippen molar-refractivity contribution in [3.8, 4) is 0 Å². The van der Waals surface area contributed by atoms with Gasteiger partial charge in [0, 0.05) is 0 Å². The van der Waals surface area contributed by atoms with E-state index in [9.17, 15) is 9.90 Å². The molecule has 0 saturated heterocycles. The van der Waals surface area contributed by atoms with Gasteiger partial charge in [-0.3, -0.25) is 0 Å².